The molecule has 2 amide bonds. The minimum atomic E-state index is -4.00. The lowest BCUT2D eigenvalue weighted by atomic mass is 9.95. The second-order valence-electron chi connectivity index (χ2n) is 9.67. The van der Waals surface area contributed by atoms with Gasteiger partial charge in [0, 0.05) is 29.2 Å². The van der Waals surface area contributed by atoms with E-state index in [1.165, 1.54) is 17.0 Å². The Kier molecular flexibility index (Phi) is 9.88. The van der Waals surface area contributed by atoms with Gasteiger partial charge in [-0.25, -0.2) is 8.42 Å². The van der Waals surface area contributed by atoms with Crippen molar-refractivity contribution in [3.05, 3.63) is 68.2 Å². The third-order valence-electron chi connectivity index (χ3n) is 6.74. The lowest BCUT2D eigenvalue weighted by molar-refractivity contribution is -0.384. The molecule has 0 radical (unpaired) electrons. The van der Waals surface area contributed by atoms with Gasteiger partial charge >= 0.3 is 0 Å². The van der Waals surface area contributed by atoms with E-state index in [0.717, 1.165) is 58.8 Å². The number of rotatable bonds is 10. The summed E-state index contributed by atoms with van der Waals surface area (Å²) in [7, 11) is -4.00. The molecule has 1 atom stereocenters. The van der Waals surface area contributed by atoms with Gasteiger partial charge in [-0.2, -0.15) is 0 Å². The Hall–Kier alpha value is -2.99. The number of carbonyl (C=O) groups excluding carboxylic acids is 2. The van der Waals surface area contributed by atoms with Crippen LogP contribution in [0.3, 0.4) is 0 Å². The molecule has 12 heteroatoms. The summed E-state index contributed by atoms with van der Waals surface area (Å²) in [6.45, 7) is 2.70. The van der Waals surface area contributed by atoms with E-state index in [-0.39, 0.29) is 29.9 Å². The summed E-state index contributed by atoms with van der Waals surface area (Å²) in [5.41, 5.74) is 0.962. The zero-order valence-corrected chi connectivity index (χ0v) is 24.1. The number of amides is 2. The van der Waals surface area contributed by atoms with Crippen LogP contribution in [0.15, 0.2) is 46.9 Å². The van der Waals surface area contributed by atoms with E-state index >= 15 is 0 Å². The molecule has 0 saturated heterocycles. The normalized spacial score (nSPS) is 14.9. The van der Waals surface area contributed by atoms with E-state index in [2.05, 4.69) is 21.2 Å². The molecular formula is C26H33BrN4O6S. The highest BCUT2D eigenvalue weighted by Gasteiger charge is 2.32. The van der Waals surface area contributed by atoms with Crippen LogP contribution in [-0.4, -0.2) is 54.9 Å². The average molecular weight is 610 g/mol. The second-order valence-corrected chi connectivity index (χ2v) is 12.5. The van der Waals surface area contributed by atoms with Crippen molar-refractivity contribution in [1.29, 1.82) is 0 Å². The first-order valence-electron chi connectivity index (χ1n) is 12.4. The highest BCUT2D eigenvalue weighted by molar-refractivity contribution is 9.10. The van der Waals surface area contributed by atoms with Gasteiger partial charge in [0.15, 0.2) is 0 Å². The van der Waals surface area contributed by atoms with Gasteiger partial charge in [-0.1, -0.05) is 53.4 Å². The number of carbonyl (C=O) groups is 2. The summed E-state index contributed by atoms with van der Waals surface area (Å²) >= 11 is 3.39. The number of aryl methyl sites for hydroxylation is 1. The Morgan fingerprint density at radius 2 is 1.76 bits per heavy atom. The number of non-ortho nitro benzene ring substituents is 1. The topological polar surface area (TPSA) is 130 Å². The van der Waals surface area contributed by atoms with Crippen LogP contribution in [-0.2, 0) is 26.2 Å². The Bertz CT molecular complexity index is 1280. The van der Waals surface area contributed by atoms with E-state index in [1.807, 2.05) is 24.3 Å². The van der Waals surface area contributed by atoms with E-state index in [1.54, 1.807) is 13.8 Å². The first kappa shape index (κ1) is 29.6. The van der Waals surface area contributed by atoms with Crippen LogP contribution >= 0.6 is 15.9 Å². The van der Waals surface area contributed by atoms with Crippen molar-refractivity contribution < 1.29 is 22.9 Å². The number of halogens is 1. The van der Waals surface area contributed by atoms with Gasteiger partial charge in [-0.05, 0) is 49.9 Å². The van der Waals surface area contributed by atoms with Crippen molar-refractivity contribution >= 4 is 49.1 Å². The number of nitrogens with one attached hydrogen (secondary N) is 1. The van der Waals surface area contributed by atoms with Crippen LogP contribution in [0, 0.1) is 17.0 Å². The van der Waals surface area contributed by atoms with Gasteiger partial charge in [0.25, 0.3) is 5.69 Å². The van der Waals surface area contributed by atoms with Gasteiger partial charge in [0.05, 0.1) is 16.9 Å². The molecule has 0 bridgehead atoms. The van der Waals surface area contributed by atoms with E-state index in [0.29, 0.717) is 5.56 Å². The third-order valence-corrected chi connectivity index (χ3v) is 8.39. The maximum Gasteiger partial charge on any atom is 0.271 e. The standard InChI is InChI=1S/C26H33BrN4O6S/c1-18-9-14-23(31(34)35)15-24(18)30(38(3,36)37)17-25(32)29(16-20-10-12-21(27)13-11-20)19(2)26(33)28-22-7-5-4-6-8-22/h9-15,19,22H,4-8,16-17H2,1-3H3,(H,28,33)/t19-/m1/s1. The van der Waals surface area contributed by atoms with Crippen LogP contribution in [0.4, 0.5) is 11.4 Å². The number of hydrogen-bond donors (Lipinski definition) is 1. The molecule has 0 unspecified atom stereocenters. The molecule has 2 aromatic rings. The molecular weight excluding hydrogens is 576 g/mol. The highest BCUT2D eigenvalue weighted by Crippen LogP contribution is 2.28. The molecule has 1 N–H and O–H groups in total. The Morgan fingerprint density at radius 3 is 2.34 bits per heavy atom. The van der Waals surface area contributed by atoms with Gasteiger partial charge in [0.2, 0.25) is 21.8 Å². The molecule has 3 rings (SSSR count). The zero-order valence-electron chi connectivity index (χ0n) is 21.7. The Morgan fingerprint density at radius 1 is 1.13 bits per heavy atom. The monoisotopic (exact) mass is 608 g/mol. The molecule has 0 heterocycles. The Balaban J connectivity index is 1.92. The predicted molar refractivity (Wildman–Crippen MR) is 149 cm³/mol. The lowest BCUT2D eigenvalue weighted by Gasteiger charge is -2.33. The van der Waals surface area contributed by atoms with Crippen LogP contribution in [0.2, 0.25) is 0 Å². The van der Waals surface area contributed by atoms with E-state index in [4.69, 9.17) is 0 Å². The zero-order chi connectivity index (χ0) is 28.0. The van der Waals surface area contributed by atoms with Crippen LogP contribution in [0.25, 0.3) is 0 Å². The van der Waals surface area contributed by atoms with Crippen molar-refractivity contribution in [1.82, 2.24) is 10.2 Å². The molecule has 0 aromatic heterocycles. The van der Waals surface area contributed by atoms with Crippen molar-refractivity contribution in [2.75, 3.05) is 17.1 Å². The van der Waals surface area contributed by atoms with Gasteiger partial charge in [0.1, 0.15) is 12.6 Å². The van der Waals surface area contributed by atoms with Crippen LogP contribution < -0.4 is 9.62 Å². The Labute approximate surface area is 231 Å². The second kappa shape index (κ2) is 12.7. The van der Waals surface area contributed by atoms with Gasteiger partial charge in [-0.15, -0.1) is 0 Å². The van der Waals surface area contributed by atoms with E-state index in [9.17, 15) is 28.1 Å². The summed E-state index contributed by atoms with van der Waals surface area (Å²) in [5.74, 6) is -0.907. The number of anilines is 1. The number of nitro benzene ring substituents is 1. The minimum absolute atomic E-state index is 0.0398. The molecule has 1 aliphatic carbocycles. The van der Waals surface area contributed by atoms with E-state index < -0.39 is 33.4 Å². The average Bonchev–Trinajstić information content (AvgIpc) is 2.86. The summed E-state index contributed by atoms with van der Waals surface area (Å²) in [6.07, 6.45) is 5.91. The smallest absolute Gasteiger partial charge is 0.271 e. The number of sulfonamides is 1. The highest BCUT2D eigenvalue weighted by atomic mass is 79.9. The van der Waals surface area contributed by atoms with Crippen molar-refractivity contribution in [2.45, 2.75) is 64.6 Å². The summed E-state index contributed by atoms with van der Waals surface area (Å²) in [6, 6.07) is 10.3. The number of nitro groups is 1. The third kappa shape index (κ3) is 7.76. The molecule has 2 aromatic carbocycles. The van der Waals surface area contributed by atoms with Gasteiger partial charge in [-0.3, -0.25) is 24.0 Å². The molecule has 1 saturated carbocycles. The number of hydrogen-bond acceptors (Lipinski definition) is 6. The molecule has 0 aliphatic heterocycles. The lowest BCUT2D eigenvalue weighted by Crippen LogP contribution is -2.53. The fraction of sp³-hybridized carbons (Fsp3) is 0.462. The van der Waals surface area contributed by atoms with Crippen LogP contribution in [0.5, 0.6) is 0 Å². The first-order valence-corrected chi connectivity index (χ1v) is 15.1. The van der Waals surface area contributed by atoms with Crippen molar-refractivity contribution in [3.8, 4) is 0 Å². The SMILES string of the molecule is Cc1ccc([N+](=O)[O-])cc1N(CC(=O)N(Cc1ccc(Br)cc1)[C@H](C)C(=O)NC1CCCCC1)S(C)(=O)=O. The van der Waals surface area contributed by atoms with Crippen molar-refractivity contribution in [3.63, 3.8) is 0 Å². The molecule has 206 valence electrons. The van der Waals surface area contributed by atoms with Gasteiger partial charge < -0.3 is 10.2 Å². The minimum Gasteiger partial charge on any atom is -0.352 e. The predicted octanol–water partition coefficient (Wildman–Crippen LogP) is 4.30. The quantitative estimate of drug-likeness (QED) is 0.316. The van der Waals surface area contributed by atoms with Crippen LogP contribution in [0.1, 0.15) is 50.2 Å². The fourth-order valence-electron chi connectivity index (χ4n) is 4.51. The maximum absolute atomic E-state index is 13.7. The maximum atomic E-state index is 13.7. The molecule has 1 fully saturated rings. The molecule has 38 heavy (non-hydrogen) atoms. The number of nitrogens with zero attached hydrogens (tertiary/aromatic N) is 3. The summed E-state index contributed by atoms with van der Waals surface area (Å²) in [5, 5.41) is 14.4. The number of benzene rings is 2. The fourth-order valence-corrected chi connectivity index (χ4v) is 5.68. The molecule has 0 spiro atoms. The molecule has 1 aliphatic rings. The first-order chi connectivity index (χ1) is 17.9. The summed E-state index contributed by atoms with van der Waals surface area (Å²) in [4.78, 5) is 39.0. The summed E-state index contributed by atoms with van der Waals surface area (Å²) < 4.78 is 27.3. The largest absolute Gasteiger partial charge is 0.352 e. The van der Waals surface area contributed by atoms with Crippen molar-refractivity contribution in [2.24, 2.45) is 0 Å². The molecule has 10 nitrogen and oxygen atoms in total.